The van der Waals surface area contributed by atoms with E-state index in [2.05, 4.69) is 10.2 Å². The average molecular weight is 289 g/mol. The fourth-order valence-corrected chi connectivity index (χ4v) is 3.07. The molecular weight excluding hydrogens is 274 g/mol. The van der Waals surface area contributed by atoms with Gasteiger partial charge >= 0.3 is 0 Å². The van der Waals surface area contributed by atoms with Gasteiger partial charge in [0.2, 0.25) is 11.8 Å². The van der Waals surface area contributed by atoms with Crippen LogP contribution in [0.5, 0.6) is 0 Å². The second-order valence-electron chi connectivity index (χ2n) is 5.59. The van der Waals surface area contributed by atoms with Gasteiger partial charge in [0.1, 0.15) is 0 Å². The van der Waals surface area contributed by atoms with E-state index in [0.717, 1.165) is 5.69 Å². The largest absolute Gasteiger partial charge is 0.371 e. The van der Waals surface area contributed by atoms with E-state index in [1.165, 1.54) is 12.1 Å². The molecule has 2 heterocycles. The number of imide groups is 1. The Balaban J connectivity index is 1.70. The zero-order valence-corrected chi connectivity index (χ0v) is 11.4. The Kier molecular flexibility index (Phi) is 3.12. The van der Waals surface area contributed by atoms with E-state index < -0.39 is 10.3 Å². The Hall–Kier alpha value is -2.44. The molecule has 3 rings (SSSR count). The highest BCUT2D eigenvalue weighted by Crippen LogP contribution is 2.39. The molecule has 1 spiro atoms. The summed E-state index contributed by atoms with van der Waals surface area (Å²) in [7, 11) is 0. The van der Waals surface area contributed by atoms with Crippen LogP contribution in [0.2, 0.25) is 0 Å². The third-order valence-corrected chi connectivity index (χ3v) is 4.38. The van der Waals surface area contributed by atoms with Crippen LogP contribution >= 0.6 is 0 Å². The topological polar surface area (TPSA) is 92.6 Å². The van der Waals surface area contributed by atoms with Gasteiger partial charge in [-0.05, 0) is 25.0 Å². The number of hydrogen-bond donors (Lipinski definition) is 1. The molecular formula is C14H15N3O4. The molecule has 110 valence electrons. The van der Waals surface area contributed by atoms with E-state index in [0.29, 0.717) is 25.9 Å². The number of amides is 2. The third kappa shape index (κ3) is 2.35. The van der Waals surface area contributed by atoms with Crippen molar-refractivity contribution in [2.75, 3.05) is 18.0 Å². The fourth-order valence-electron chi connectivity index (χ4n) is 3.07. The van der Waals surface area contributed by atoms with Gasteiger partial charge in [-0.15, -0.1) is 0 Å². The van der Waals surface area contributed by atoms with E-state index in [4.69, 9.17) is 0 Å². The minimum Gasteiger partial charge on any atom is -0.371 e. The lowest BCUT2D eigenvalue weighted by Gasteiger charge is -2.38. The molecule has 2 fully saturated rings. The van der Waals surface area contributed by atoms with Gasteiger partial charge in [0.05, 0.1) is 10.3 Å². The van der Waals surface area contributed by atoms with E-state index in [-0.39, 0.29) is 23.9 Å². The second-order valence-corrected chi connectivity index (χ2v) is 5.59. The molecule has 7 nitrogen and oxygen atoms in total. The molecule has 1 N–H and O–H groups in total. The highest BCUT2D eigenvalue weighted by molar-refractivity contribution is 6.06. The minimum atomic E-state index is -0.547. The van der Waals surface area contributed by atoms with Gasteiger partial charge in [0.25, 0.3) is 5.69 Å². The summed E-state index contributed by atoms with van der Waals surface area (Å²) in [6.45, 7) is 1.33. The van der Waals surface area contributed by atoms with Gasteiger partial charge in [0.15, 0.2) is 0 Å². The van der Waals surface area contributed by atoms with E-state index in [1.807, 2.05) is 0 Å². The van der Waals surface area contributed by atoms with E-state index >= 15 is 0 Å². The van der Waals surface area contributed by atoms with Crippen molar-refractivity contribution < 1.29 is 14.5 Å². The van der Waals surface area contributed by atoms with Crippen LogP contribution in [0.15, 0.2) is 24.3 Å². The zero-order valence-electron chi connectivity index (χ0n) is 11.4. The Morgan fingerprint density at radius 1 is 1.14 bits per heavy atom. The Morgan fingerprint density at radius 3 is 2.24 bits per heavy atom. The first-order chi connectivity index (χ1) is 10.00. The van der Waals surface area contributed by atoms with Crippen molar-refractivity contribution in [2.45, 2.75) is 19.3 Å². The summed E-state index contributed by atoms with van der Waals surface area (Å²) >= 11 is 0. The summed E-state index contributed by atoms with van der Waals surface area (Å²) in [4.78, 5) is 35.6. The van der Waals surface area contributed by atoms with Crippen LogP contribution < -0.4 is 10.2 Å². The predicted molar refractivity (Wildman–Crippen MR) is 74.7 cm³/mol. The van der Waals surface area contributed by atoms with Crippen molar-refractivity contribution in [2.24, 2.45) is 5.41 Å². The molecule has 0 saturated carbocycles. The highest BCUT2D eigenvalue weighted by Gasteiger charge is 2.48. The second kappa shape index (κ2) is 4.83. The molecule has 0 atom stereocenters. The Labute approximate surface area is 121 Å². The summed E-state index contributed by atoms with van der Waals surface area (Å²) < 4.78 is 0. The summed E-state index contributed by atoms with van der Waals surface area (Å²) in [5, 5.41) is 13.0. The highest BCUT2D eigenvalue weighted by atomic mass is 16.6. The Bertz CT molecular complexity index is 603. The van der Waals surface area contributed by atoms with Crippen LogP contribution in [0.25, 0.3) is 0 Å². The number of carbonyl (C=O) groups excluding carboxylic acids is 2. The van der Waals surface area contributed by atoms with E-state index in [9.17, 15) is 19.7 Å². The number of anilines is 1. The number of nitrogens with zero attached hydrogens (tertiary/aromatic N) is 2. The number of nitro groups is 1. The molecule has 0 aliphatic carbocycles. The molecule has 7 heteroatoms. The lowest BCUT2D eigenvalue weighted by atomic mass is 9.77. The lowest BCUT2D eigenvalue weighted by Crippen LogP contribution is -2.43. The van der Waals surface area contributed by atoms with Crippen molar-refractivity contribution in [3.05, 3.63) is 34.4 Å². The lowest BCUT2D eigenvalue weighted by molar-refractivity contribution is -0.384. The molecule has 21 heavy (non-hydrogen) atoms. The number of carbonyl (C=O) groups is 2. The molecule has 0 bridgehead atoms. The number of nitro benzene ring substituents is 1. The smallest absolute Gasteiger partial charge is 0.269 e. The SMILES string of the molecule is O=C1CC2(CCN(c3ccc([N+](=O)[O-])cc3)CC2)C(=O)N1. The fraction of sp³-hybridized carbons (Fsp3) is 0.429. The first-order valence-electron chi connectivity index (χ1n) is 6.84. The summed E-state index contributed by atoms with van der Waals surface area (Å²) in [5.74, 6) is -0.348. The number of non-ortho nitro benzene ring substituents is 1. The monoisotopic (exact) mass is 289 g/mol. The molecule has 0 radical (unpaired) electrons. The van der Waals surface area contributed by atoms with Crippen LogP contribution in [-0.4, -0.2) is 29.8 Å². The van der Waals surface area contributed by atoms with Crippen LogP contribution in [0.3, 0.4) is 0 Å². The minimum absolute atomic E-state index is 0.0630. The predicted octanol–water partition coefficient (Wildman–Crippen LogP) is 1.23. The van der Waals surface area contributed by atoms with Crippen LogP contribution in [-0.2, 0) is 9.59 Å². The standard InChI is InChI=1S/C14H15N3O4/c18-12-9-14(13(19)15-12)5-7-16(8-6-14)10-1-3-11(4-2-10)17(20)21/h1-4H,5-9H2,(H,15,18,19). The van der Waals surface area contributed by atoms with Crippen LogP contribution in [0.1, 0.15) is 19.3 Å². The number of benzene rings is 1. The quantitative estimate of drug-likeness (QED) is 0.502. The Morgan fingerprint density at radius 2 is 1.76 bits per heavy atom. The maximum absolute atomic E-state index is 11.9. The average Bonchev–Trinajstić information content (AvgIpc) is 2.74. The molecule has 1 aromatic rings. The van der Waals surface area contributed by atoms with Crippen molar-refractivity contribution in [1.29, 1.82) is 0 Å². The van der Waals surface area contributed by atoms with Gasteiger partial charge in [-0.2, -0.15) is 0 Å². The van der Waals surface area contributed by atoms with Gasteiger partial charge in [-0.3, -0.25) is 25.0 Å². The third-order valence-electron chi connectivity index (χ3n) is 4.38. The summed E-state index contributed by atoms with van der Waals surface area (Å²) in [5.41, 5.74) is 0.419. The van der Waals surface area contributed by atoms with Gasteiger partial charge in [-0.1, -0.05) is 0 Å². The first-order valence-corrected chi connectivity index (χ1v) is 6.84. The van der Waals surface area contributed by atoms with Gasteiger partial charge in [0, 0.05) is 37.3 Å². The molecule has 2 saturated heterocycles. The van der Waals surface area contributed by atoms with Crippen molar-refractivity contribution >= 4 is 23.2 Å². The first kappa shape index (κ1) is 13.5. The summed E-state index contributed by atoms with van der Waals surface area (Å²) in [6, 6.07) is 6.39. The molecule has 0 unspecified atom stereocenters. The maximum Gasteiger partial charge on any atom is 0.269 e. The normalized spacial score (nSPS) is 20.7. The number of rotatable bonds is 2. The van der Waals surface area contributed by atoms with Gasteiger partial charge in [-0.25, -0.2) is 0 Å². The van der Waals surface area contributed by atoms with Crippen LogP contribution in [0, 0.1) is 15.5 Å². The van der Waals surface area contributed by atoms with Crippen molar-refractivity contribution in [3.8, 4) is 0 Å². The van der Waals surface area contributed by atoms with Gasteiger partial charge < -0.3 is 4.90 Å². The molecule has 1 aromatic carbocycles. The number of hydrogen-bond acceptors (Lipinski definition) is 5. The van der Waals surface area contributed by atoms with Crippen molar-refractivity contribution in [3.63, 3.8) is 0 Å². The maximum atomic E-state index is 11.9. The van der Waals surface area contributed by atoms with Crippen LogP contribution in [0.4, 0.5) is 11.4 Å². The van der Waals surface area contributed by atoms with E-state index in [1.54, 1.807) is 12.1 Å². The number of piperidine rings is 1. The zero-order chi connectivity index (χ0) is 15.0. The molecule has 0 aromatic heterocycles. The molecule has 2 aliphatic heterocycles. The molecule has 2 amide bonds. The summed E-state index contributed by atoms with van der Waals surface area (Å²) in [6.07, 6.45) is 1.53. The van der Waals surface area contributed by atoms with Crippen molar-refractivity contribution in [1.82, 2.24) is 5.32 Å². The molecule has 2 aliphatic rings. The number of nitrogens with one attached hydrogen (secondary N) is 1.